The number of rotatable bonds is 5. The van der Waals surface area contributed by atoms with Crippen molar-refractivity contribution in [3.63, 3.8) is 0 Å². The first-order chi connectivity index (χ1) is 9.85. The number of carboxylic acids is 1. The summed E-state index contributed by atoms with van der Waals surface area (Å²) in [5.41, 5.74) is 0.254. The average Bonchev–Trinajstić information content (AvgIpc) is 2.44. The monoisotopic (exact) mass is 294 g/mol. The minimum Gasteiger partial charge on any atom is -0.477 e. The van der Waals surface area contributed by atoms with Gasteiger partial charge in [0.2, 0.25) is 5.91 Å². The molecule has 0 aliphatic heterocycles. The summed E-state index contributed by atoms with van der Waals surface area (Å²) in [6, 6.07) is 2.28. The number of nitrogens with zero attached hydrogens (tertiary/aromatic N) is 3. The van der Waals surface area contributed by atoms with Crippen LogP contribution in [0.2, 0.25) is 0 Å². The Morgan fingerprint density at radius 2 is 1.95 bits per heavy atom. The number of carbonyl (C=O) groups excluding carboxylic acids is 2. The molecule has 0 fully saturated rings. The molecule has 0 atom stereocenters. The highest BCUT2D eigenvalue weighted by atomic mass is 16.4. The summed E-state index contributed by atoms with van der Waals surface area (Å²) < 4.78 is 0. The van der Waals surface area contributed by atoms with E-state index in [1.54, 1.807) is 21.0 Å². The molecule has 114 valence electrons. The lowest BCUT2D eigenvalue weighted by molar-refractivity contribution is -0.129. The summed E-state index contributed by atoms with van der Waals surface area (Å²) in [4.78, 5) is 40.7. The largest absolute Gasteiger partial charge is 0.477 e. The van der Waals surface area contributed by atoms with Crippen molar-refractivity contribution in [2.45, 2.75) is 6.92 Å². The standard InChI is InChI=1S/C13H18N4O4/c1-4-17(8-11(18)16(2)3)13(21)15-9-5-6-10(12(19)20)14-7-9/h5-7H,4,8H2,1-3H3,(H,15,21)(H,19,20). The number of aromatic nitrogens is 1. The van der Waals surface area contributed by atoms with E-state index in [4.69, 9.17) is 5.11 Å². The molecule has 0 aromatic carbocycles. The zero-order valence-corrected chi connectivity index (χ0v) is 12.2. The molecule has 21 heavy (non-hydrogen) atoms. The number of pyridine rings is 1. The van der Waals surface area contributed by atoms with Crippen molar-refractivity contribution >= 4 is 23.6 Å². The Morgan fingerprint density at radius 1 is 1.29 bits per heavy atom. The Hall–Kier alpha value is -2.64. The molecule has 1 aromatic heterocycles. The van der Waals surface area contributed by atoms with E-state index in [1.165, 1.54) is 28.1 Å². The van der Waals surface area contributed by atoms with Crippen molar-refractivity contribution in [1.29, 1.82) is 0 Å². The van der Waals surface area contributed by atoms with Crippen molar-refractivity contribution < 1.29 is 19.5 Å². The number of amides is 3. The van der Waals surface area contributed by atoms with Gasteiger partial charge in [-0.25, -0.2) is 14.6 Å². The maximum absolute atomic E-state index is 12.0. The predicted molar refractivity (Wildman–Crippen MR) is 76.2 cm³/mol. The highest BCUT2D eigenvalue weighted by Gasteiger charge is 2.17. The quantitative estimate of drug-likeness (QED) is 0.833. The zero-order chi connectivity index (χ0) is 16.0. The minimum absolute atomic E-state index is 0.0318. The van der Waals surface area contributed by atoms with Crippen molar-refractivity contribution in [3.8, 4) is 0 Å². The maximum atomic E-state index is 12.0. The molecular formula is C13H18N4O4. The van der Waals surface area contributed by atoms with Gasteiger partial charge in [0, 0.05) is 20.6 Å². The van der Waals surface area contributed by atoms with Crippen LogP contribution in [0.5, 0.6) is 0 Å². The molecule has 2 N–H and O–H groups in total. The molecule has 0 aliphatic carbocycles. The fraction of sp³-hybridized carbons (Fsp3) is 0.385. The van der Waals surface area contributed by atoms with Crippen molar-refractivity contribution in [3.05, 3.63) is 24.0 Å². The second-order valence-electron chi connectivity index (χ2n) is 4.47. The molecule has 1 rings (SSSR count). The van der Waals surface area contributed by atoms with E-state index in [1.807, 2.05) is 0 Å². The van der Waals surface area contributed by atoms with Crippen LogP contribution >= 0.6 is 0 Å². The van der Waals surface area contributed by atoms with Crippen LogP contribution in [-0.2, 0) is 4.79 Å². The third-order valence-corrected chi connectivity index (χ3v) is 2.73. The molecule has 0 radical (unpaired) electrons. The van der Waals surface area contributed by atoms with Crippen LogP contribution in [0, 0.1) is 0 Å². The number of urea groups is 1. The molecule has 0 unspecified atom stereocenters. The fourth-order valence-electron chi connectivity index (χ4n) is 1.43. The molecule has 0 saturated carbocycles. The van der Waals surface area contributed by atoms with Crippen LogP contribution in [0.25, 0.3) is 0 Å². The van der Waals surface area contributed by atoms with Gasteiger partial charge in [0.25, 0.3) is 0 Å². The molecule has 8 heteroatoms. The van der Waals surface area contributed by atoms with Gasteiger partial charge in [0.1, 0.15) is 12.2 Å². The van der Waals surface area contributed by atoms with Crippen LogP contribution in [0.3, 0.4) is 0 Å². The van der Waals surface area contributed by atoms with Gasteiger partial charge < -0.3 is 20.2 Å². The van der Waals surface area contributed by atoms with Gasteiger partial charge >= 0.3 is 12.0 Å². The fourth-order valence-corrected chi connectivity index (χ4v) is 1.43. The third kappa shape index (κ3) is 4.75. The molecule has 0 bridgehead atoms. The van der Waals surface area contributed by atoms with Crippen LogP contribution in [-0.4, -0.2) is 65.0 Å². The summed E-state index contributed by atoms with van der Waals surface area (Å²) in [7, 11) is 3.23. The number of carbonyl (C=O) groups is 3. The molecule has 0 aliphatic rings. The highest BCUT2D eigenvalue weighted by Crippen LogP contribution is 2.07. The summed E-state index contributed by atoms with van der Waals surface area (Å²) in [5.74, 6) is -1.33. The number of aromatic carboxylic acids is 1. The zero-order valence-electron chi connectivity index (χ0n) is 12.2. The van der Waals surface area contributed by atoms with Gasteiger partial charge in [-0.3, -0.25) is 4.79 Å². The number of likely N-dealkylation sites (N-methyl/N-ethyl adjacent to an activating group) is 2. The molecule has 0 saturated heterocycles. The summed E-state index contributed by atoms with van der Waals surface area (Å²) in [5, 5.41) is 11.3. The SMILES string of the molecule is CCN(CC(=O)N(C)C)C(=O)Nc1ccc(C(=O)O)nc1. The minimum atomic E-state index is -1.14. The second-order valence-corrected chi connectivity index (χ2v) is 4.47. The number of carboxylic acid groups (broad SMARTS) is 1. The number of nitrogens with one attached hydrogen (secondary N) is 1. The molecule has 8 nitrogen and oxygen atoms in total. The lowest BCUT2D eigenvalue weighted by Crippen LogP contribution is -2.42. The van der Waals surface area contributed by atoms with E-state index >= 15 is 0 Å². The summed E-state index contributed by atoms with van der Waals surface area (Å²) >= 11 is 0. The number of anilines is 1. The van der Waals surface area contributed by atoms with E-state index in [-0.39, 0.29) is 18.1 Å². The van der Waals surface area contributed by atoms with Crippen molar-refractivity contribution in [2.75, 3.05) is 32.5 Å². The predicted octanol–water partition coefficient (Wildman–Crippen LogP) is 0.722. The van der Waals surface area contributed by atoms with Crippen LogP contribution in [0.15, 0.2) is 18.3 Å². The van der Waals surface area contributed by atoms with Crippen LogP contribution < -0.4 is 5.32 Å². The van der Waals surface area contributed by atoms with E-state index in [9.17, 15) is 14.4 Å². The molecule has 1 aromatic rings. The third-order valence-electron chi connectivity index (χ3n) is 2.73. The van der Waals surface area contributed by atoms with Gasteiger partial charge in [0.15, 0.2) is 0 Å². The first kappa shape index (κ1) is 16.4. The summed E-state index contributed by atoms with van der Waals surface area (Å²) in [6.07, 6.45) is 1.25. The smallest absolute Gasteiger partial charge is 0.354 e. The Kier molecular flexibility index (Phi) is 5.65. The molecule has 0 spiro atoms. The van der Waals surface area contributed by atoms with E-state index < -0.39 is 12.0 Å². The highest BCUT2D eigenvalue weighted by molar-refractivity contribution is 5.92. The van der Waals surface area contributed by atoms with E-state index in [0.29, 0.717) is 12.2 Å². The van der Waals surface area contributed by atoms with Gasteiger partial charge in [-0.05, 0) is 19.1 Å². The Balaban J connectivity index is 2.69. The number of hydrogen-bond acceptors (Lipinski definition) is 4. The average molecular weight is 294 g/mol. The van der Waals surface area contributed by atoms with Gasteiger partial charge in [-0.1, -0.05) is 0 Å². The first-order valence-electron chi connectivity index (χ1n) is 6.30. The second kappa shape index (κ2) is 7.22. The Morgan fingerprint density at radius 3 is 2.38 bits per heavy atom. The van der Waals surface area contributed by atoms with Gasteiger partial charge in [0.05, 0.1) is 11.9 Å². The molecule has 1 heterocycles. The van der Waals surface area contributed by atoms with Gasteiger partial charge in [-0.2, -0.15) is 0 Å². The van der Waals surface area contributed by atoms with Gasteiger partial charge in [-0.15, -0.1) is 0 Å². The number of hydrogen-bond donors (Lipinski definition) is 2. The maximum Gasteiger partial charge on any atom is 0.354 e. The van der Waals surface area contributed by atoms with Crippen LogP contribution in [0.1, 0.15) is 17.4 Å². The van der Waals surface area contributed by atoms with E-state index in [2.05, 4.69) is 10.3 Å². The molecule has 3 amide bonds. The lowest BCUT2D eigenvalue weighted by Gasteiger charge is -2.22. The molecular weight excluding hydrogens is 276 g/mol. The lowest BCUT2D eigenvalue weighted by atomic mass is 10.3. The topological polar surface area (TPSA) is 103 Å². The Labute approximate surface area is 122 Å². The van der Waals surface area contributed by atoms with Crippen LogP contribution in [0.4, 0.5) is 10.5 Å². The summed E-state index contributed by atoms with van der Waals surface area (Å²) in [6.45, 7) is 2.09. The Bertz CT molecular complexity index is 527. The first-order valence-corrected chi connectivity index (χ1v) is 6.30. The van der Waals surface area contributed by atoms with E-state index in [0.717, 1.165) is 0 Å². The van der Waals surface area contributed by atoms with Crippen molar-refractivity contribution in [2.24, 2.45) is 0 Å². The van der Waals surface area contributed by atoms with Crippen molar-refractivity contribution in [1.82, 2.24) is 14.8 Å². The normalized spacial score (nSPS) is 9.86.